The third-order valence-electron chi connectivity index (χ3n) is 13.8. The number of anilines is 8. The van der Waals surface area contributed by atoms with Gasteiger partial charge in [-0.05, 0) is 74.7 Å². The smallest absolute Gasteiger partial charge is 0.261 e. The monoisotopic (exact) mass is 1380 g/mol. The summed E-state index contributed by atoms with van der Waals surface area (Å²) in [6, 6.07) is 29.5. The standard InChI is InChI=1S/2C30H37N7O2.C2H3N.3CH4O3S/c2*1-7-29(38)32-24-18-25(28(39-6)19-27(24)35(4)16-17-37(8-2)9-3)34-30-31-15-14-23(33-30)22-20-36(5)26-13-11-10-12-21(22)26;1-2-3;3*1-5(2,3)4/h2*7,10-15,18-20H,1,8-9,16-17H2,2-6H3,(H,32,38)(H,31,33,34);1H3;3*1H3,(H,2,3,4). The van der Waals surface area contributed by atoms with Crippen molar-refractivity contribution in [1.29, 1.82) is 5.26 Å². The Labute approximate surface area is 563 Å². The molecule has 0 atom stereocenters. The number of hydrogen-bond acceptors (Lipinski definition) is 21. The maximum atomic E-state index is 12.3. The number of ether oxygens (including phenoxy) is 2. The second-order valence-corrected chi connectivity index (χ2v) is 25.4. The van der Waals surface area contributed by atoms with Gasteiger partial charge in [0.1, 0.15) is 11.5 Å². The molecule has 8 aromatic rings. The number of nitriles is 1. The van der Waals surface area contributed by atoms with Gasteiger partial charge < -0.3 is 59.5 Å². The highest BCUT2D eigenvalue weighted by molar-refractivity contribution is 7.85. The van der Waals surface area contributed by atoms with Crippen LogP contribution >= 0.6 is 0 Å². The van der Waals surface area contributed by atoms with Crippen LogP contribution in [0.4, 0.5) is 46.0 Å². The summed E-state index contributed by atoms with van der Waals surface area (Å²) >= 11 is 0. The number of nitrogens with zero attached hydrogens (tertiary/aromatic N) is 11. The summed E-state index contributed by atoms with van der Waals surface area (Å²) in [5.41, 5.74) is 10.1. The molecule has 0 radical (unpaired) electrons. The number of nitrogens with one attached hydrogen (secondary N) is 4. The molecule has 0 spiro atoms. The molecule has 0 aliphatic carbocycles. The lowest BCUT2D eigenvalue weighted by molar-refractivity contribution is -0.112. The van der Waals surface area contributed by atoms with Crippen molar-refractivity contribution in [1.82, 2.24) is 38.9 Å². The Morgan fingerprint density at radius 2 is 0.885 bits per heavy atom. The minimum atomic E-state index is -3.67. The average molecular weight is 1380 g/mol. The predicted octanol–water partition coefficient (Wildman–Crippen LogP) is 9.62. The second kappa shape index (κ2) is 38.7. The van der Waals surface area contributed by atoms with Gasteiger partial charge in [-0.2, -0.15) is 30.5 Å². The van der Waals surface area contributed by atoms with E-state index in [2.05, 4.69) is 137 Å². The Morgan fingerprint density at radius 3 is 1.18 bits per heavy atom. The molecule has 28 nitrogen and oxygen atoms in total. The Hall–Kier alpha value is -9.52. The van der Waals surface area contributed by atoms with E-state index in [9.17, 15) is 34.8 Å². The van der Waals surface area contributed by atoms with Crippen LogP contribution in [0.25, 0.3) is 44.3 Å². The highest BCUT2D eigenvalue weighted by Gasteiger charge is 2.20. The van der Waals surface area contributed by atoms with Crippen molar-refractivity contribution < 1.29 is 58.0 Å². The van der Waals surface area contributed by atoms with Gasteiger partial charge in [-0.1, -0.05) is 77.3 Å². The Morgan fingerprint density at radius 1 is 0.573 bits per heavy atom. The van der Waals surface area contributed by atoms with Crippen molar-refractivity contribution in [3.8, 4) is 40.1 Å². The number of aromatic nitrogens is 6. The summed E-state index contributed by atoms with van der Waals surface area (Å²) in [5, 5.41) is 22.0. The summed E-state index contributed by atoms with van der Waals surface area (Å²) in [6.45, 7) is 24.5. The number of amides is 2. The fourth-order valence-electron chi connectivity index (χ4n) is 9.24. The minimum absolute atomic E-state index is 0.293. The Kier molecular flexibility index (Phi) is 32.6. The van der Waals surface area contributed by atoms with Crippen LogP contribution in [-0.4, -0.2) is 189 Å². The van der Waals surface area contributed by atoms with Gasteiger partial charge in [-0.15, -0.1) is 0 Å². The molecule has 7 N–H and O–H groups in total. The molecular formula is C65H89N15O13S3. The zero-order valence-electron chi connectivity index (χ0n) is 56.7. The number of carbonyl (C=O) groups excluding carboxylic acids is 2. The molecule has 0 saturated carbocycles. The highest BCUT2D eigenvalue weighted by Crippen LogP contribution is 2.40. The number of rotatable bonds is 24. The topological polar surface area (TPSA) is 362 Å². The van der Waals surface area contributed by atoms with E-state index >= 15 is 0 Å². The van der Waals surface area contributed by atoms with Crippen molar-refractivity contribution in [2.75, 3.05) is 131 Å². The SMILES string of the molecule is C=CC(=O)Nc1cc(Nc2nccc(-c3cn(C)c4ccccc34)n2)c(OC)cc1N(C)CCN(CC)CC.C=CC(=O)Nc1cc(Nc2nccc(-c3cn(C)c4ccccc34)n2)c(OC)cc1N(C)CCN(CC)CC.CC#N.CS(=O)(=O)O.CS(=O)(=O)O.CS(=O)(=O)O. The average Bonchev–Trinajstić information content (AvgIpc) is 1.64. The Balaban J connectivity index is 0.000000399. The van der Waals surface area contributed by atoms with Crippen molar-refractivity contribution in [3.05, 3.63) is 135 Å². The van der Waals surface area contributed by atoms with Gasteiger partial charge in [0, 0.05) is 131 Å². The summed E-state index contributed by atoms with van der Waals surface area (Å²) in [7, 11) is 0.302. The van der Waals surface area contributed by atoms with Gasteiger partial charge in [0.25, 0.3) is 30.4 Å². The molecule has 0 fully saturated rings. The first-order chi connectivity index (χ1) is 45.2. The van der Waals surface area contributed by atoms with Crippen LogP contribution in [0.5, 0.6) is 11.5 Å². The lowest BCUT2D eigenvalue weighted by Gasteiger charge is -2.27. The molecule has 31 heteroatoms. The molecule has 8 rings (SSSR count). The van der Waals surface area contributed by atoms with E-state index in [1.807, 2.05) is 88.9 Å². The fraction of sp³-hybridized carbons (Fsp3) is 0.338. The number of likely N-dealkylation sites (N-methyl/N-ethyl adjacent to an activating group) is 4. The first kappa shape index (κ1) is 80.7. The van der Waals surface area contributed by atoms with E-state index in [0.717, 1.165) is 108 Å². The fourth-order valence-corrected chi connectivity index (χ4v) is 9.24. The maximum Gasteiger partial charge on any atom is 0.261 e. The first-order valence-electron chi connectivity index (χ1n) is 29.7. The third kappa shape index (κ3) is 27.4. The van der Waals surface area contributed by atoms with E-state index < -0.39 is 30.4 Å². The van der Waals surface area contributed by atoms with Crippen molar-refractivity contribution in [2.24, 2.45) is 14.1 Å². The normalized spacial score (nSPS) is 10.9. The predicted molar refractivity (Wildman–Crippen MR) is 384 cm³/mol. The lowest BCUT2D eigenvalue weighted by atomic mass is 10.1. The maximum absolute atomic E-state index is 12.3. The summed E-state index contributed by atoms with van der Waals surface area (Å²) in [4.78, 5) is 52.1. The van der Waals surface area contributed by atoms with Gasteiger partial charge in [-0.3, -0.25) is 23.2 Å². The van der Waals surface area contributed by atoms with E-state index in [1.54, 1.807) is 32.7 Å². The van der Waals surface area contributed by atoms with Crippen molar-refractivity contribution in [3.63, 3.8) is 0 Å². The summed E-state index contributed by atoms with van der Waals surface area (Å²) in [5.74, 6) is 1.47. The molecule has 520 valence electrons. The Bertz CT molecular complexity index is 3970. The lowest BCUT2D eigenvalue weighted by Crippen LogP contribution is -2.33. The molecule has 4 heterocycles. The largest absolute Gasteiger partial charge is 0.494 e. The summed E-state index contributed by atoms with van der Waals surface area (Å²) in [6.07, 6.45) is 12.3. The van der Waals surface area contributed by atoms with Crippen LogP contribution in [0.2, 0.25) is 0 Å². The number of benzene rings is 4. The van der Waals surface area contributed by atoms with Crippen molar-refractivity contribution >= 4 is 110 Å². The van der Waals surface area contributed by atoms with Crippen molar-refractivity contribution in [2.45, 2.75) is 34.6 Å². The summed E-state index contributed by atoms with van der Waals surface area (Å²) < 4.78 is 93.3. The number of fused-ring (bicyclic) bond motifs is 2. The van der Waals surface area contributed by atoms with Crippen LogP contribution in [-0.2, 0) is 54.0 Å². The molecule has 0 aliphatic heterocycles. The minimum Gasteiger partial charge on any atom is -0.494 e. The van der Waals surface area contributed by atoms with E-state index in [-0.39, 0.29) is 11.8 Å². The highest BCUT2D eigenvalue weighted by atomic mass is 32.2. The van der Waals surface area contributed by atoms with Crippen LogP contribution in [0.15, 0.2) is 135 Å². The molecule has 96 heavy (non-hydrogen) atoms. The molecule has 0 aliphatic rings. The number of aryl methyl sites for hydroxylation is 2. The third-order valence-corrected chi connectivity index (χ3v) is 13.8. The van der Waals surface area contributed by atoms with Gasteiger partial charge in [0.2, 0.25) is 23.7 Å². The van der Waals surface area contributed by atoms with Gasteiger partial charge in [-0.25, -0.2) is 19.9 Å². The van der Waals surface area contributed by atoms with E-state index in [0.29, 0.717) is 64.9 Å². The molecule has 0 bridgehead atoms. The van der Waals surface area contributed by atoms with Gasteiger partial charge in [0.05, 0.1) is 84.6 Å². The number of carbonyl (C=O) groups is 2. The first-order valence-corrected chi connectivity index (χ1v) is 35.3. The van der Waals surface area contributed by atoms with Crippen LogP contribution in [0.3, 0.4) is 0 Å². The van der Waals surface area contributed by atoms with Gasteiger partial charge in [0.15, 0.2) is 0 Å². The zero-order chi connectivity index (χ0) is 72.1. The molecule has 0 unspecified atom stereocenters. The van der Waals surface area contributed by atoms with Crippen LogP contribution in [0.1, 0.15) is 34.6 Å². The number of hydrogen-bond donors (Lipinski definition) is 7. The van der Waals surface area contributed by atoms with E-state index in [1.165, 1.54) is 19.1 Å². The van der Waals surface area contributed by atoms with Crippen LogP contribution < -0.4 is 40.5 Å². The number of methoxy groups -OCH3 is 2. The molecule has 4 aromatic heterocycles. The van der Waals surface area contributed by atoms with E-state index in [4.69, 9.17) is 38.4 Å². The van der Waals surface area contributed by atoms with Crippen LogP contribution in [0, 0.1) is 11.3 Å². The quantitative estimate of drug-likeness (QED) is 0.0218. The van der Waals surface area contributed by atoms with Gasteiger partial charge >= 0.3 is 0 Å². The second-order valence-electron chi connectivity index (χ2n) is 21.0. The molecule has 4 aromatic carbocycles. The molecule has 2 amide bonds. The number of para-hydroxylation sites is 2. The zero-order valence-corrected chi connectivity index (χ0v) is 59.1. The molecule has 0 saturated heterocycles. The molecular weight excluding hydrogens is 1300 g/mol.